The highest BCUT2D eigenvalue weighted by molar-refractivity contribution is 6.33. The highest BCUT2D eigenvalue weighted by Gasteiger charge is 2.27. The predicted octanol–water partition coefficient (Wildman–Crippen LogP) is 4.63. The maximum atomic E-state index is 13.2. The molecule has 0 bridgehead atoms. The van der Waals surface area contributed by atoms with E-state index in [2.05, 4.69) is 22.9 Å². The average Bonchev–Trinajstić information content (AvgIpc) is 2.81. The van der Waals surface area contributed by atoms with E-state index in [0.29, 0.717) is 13.1 Å². The Labute approximate surface area is 181 Å². The molecule has 3 aromatic rings. The Morgan fingerprint density at radius 1 is 1.03 bits per heavy atom. The van der Waals surface area contributed by atoms with Crippen molar-refractivity contribution in [3.8, 4) is 16.9 Å². The number of carbonyl (C=O) groups is 1. The molecule has 154 valence electrons. The van der Waals surface area contributed by atoms with E-state index in [1.165, 1.54) is 0 Å². The molecule has 1 unspecified atom stereocenters. The van der Waals surface area contributed by atoms with Gasteiger partial charge in [0.05, 0.1) is 10.6 Å². The summed E-state index contributed by atoms with van der Waals surface area (Å²) in [5, 5.41) is 10.6. The van der Waals surface area contributed by atoms with Crippen LogP contribution in [0.4, 0.5) is 0 Å². The number of halogens is 1. The maximum Gasteiger partial charge on any atom is 0.257 e. The first-order chi connectivity index (χ1) is 14.5. The molecule has 4 rings (SSSR count). The smallest absolute Gasteiger partial charge is 0.257 e. The second kappa shape index (κ2) is 8.86. The monoisotopic (exact) mass is 421 g/mol. The number of rotatable bonds is 4. The van der Waals surface area contributed by atoms with Crippen LogP contribution in [-0.2, 0) is 0 Å². The van der Waals surface area contributed by atoms with Crippen molar-refractivity contribution in [3.63, 3.8) is 0 Å². The molecular formula is C24H24ClN3O2. The molecule has 1 N–H and O–H groups in total. The molecule has 5 nitrogen and oxygen atoms in total. The summed E-state index contributed by atoms with van der Waals surface area (Å²) in [7, 11) is 0. The van der Waals surface area contributed by atoms with Crippen molar-refractivity contribution in [2.45, 2.75) is 13.0 Å². The predicted molar refractivity (Wildman–Crippen MR) is 119 cm³/mol. The van der Waals surface area contributed by atoms with Gasteiger partial charge in [-0.1, -0.05) is 48.0 Å². The average molecular weight is 422 g/mol. The number of nitrogens with zero attached hydrogens (tertiary/aromatic N) is 3. The van der Waals surface area contributed by atoms with E-state index in [-0.39, 0.29) is 28.3 Å². The summed E-state index contributed by atoms with van der Waals surface area (Å²) >= 11 is 6.25. The third-order valence-electron chi connectivity index (χ3n) is 5.72. The summed E-state index contributed by atoms with van der Waals surface area (Å²) < 4.78 is 0. The number of aromatic nitrogens is 1. The fourth-order valence-corrected chi connectivity index (χ4v) is 4.10. The lowest BCUT2D eigenvalue weighted by atomic mass is 10.0. The number of piperazine rings is 1. The quantitative estimate of drug-likeness (QED) is 0.667. The minimum Gasteiger partial charge on any atom is -0.506 e. The fourth-order valence-electron chi connectivity index (χ4n) is 3.88. The Bertz CT molecular complexity index is 1020. The lowest BCUT2D eigenvalue weighted by molar-refractivity contribution is 0.0579. The minimum absolute atomic E-state index is 0.160. The van der Waals surface area contributed by atoms with Crippen LogP contribution in [0.1, 0.15) is 28.9 Å². The normalized spacial score (nSPS) is 15.7. The minimum atomic E-state index is -0.194. The highest BCUT2D eigenvalue weighted by Crippen LogP contribution is 2.34. The van der Waals surface area contributed by atoms with E-state index in [1.54, 1.807) is 23.2 Å². The molecule has 1 saturated heterocycles. The molecule has 1 amide bonds. The number of amides is 1. The van der Waals surface area contributed by atoms with E-state index in [0.717, 1.165) is 29.8 Å². The van der Waals surface area contributed by atoms with Gasteiger partial charge in [0, 0.05) is 44.6 Å². The van der Waals surface area contributed by atoms with Crippen molar-refractivity contribution < 1.29 is 9.90 Å². The van der Waals surface area contributed by atoms with Crippen LogP contribution in [0.5, 0.6) is 5.75 Å². The summed E-state index contributed by atoms with van der Waals surface area (Å²) in [6.45, 7) is 4.86. The van der Waals surface area contributed by atoms with Gasteiger partial charge in [0.1, 0.15) is 5.75 Å². The molecule has 1 atom stereocenters. The van der Waals surface area contributed by atoms with Gasteiger partial charge in [0.25, 0.3) is 5.91 Å². The Morgan fingerprint density at radius 2 is 1.77 bits per heavy atom. The number of pyridine rings is 1. The van der Waals surface area contributed by atoms with E-state index in [9.17, 15) is 9.90 Å². The molecule has 0 aliphatic carbocycles. The number of benzene rings is 2. The van der Waals surface area contributed by atoms with Gasteiger partial charge < -0.3 is 10.0 Å². The Kier molecular flexibility index (Phi) is 6.02. The number of aromatic hydroxyl groups is 1. The molecule has 2 heterocycles. The van der Waals surface area contributed by atoms with Crippen molar-refractivity contribution in [2.24, 2.45) is 0 Å². The standard InChI is InChI=1S/C24H24ClN3O2/c1-17(19-8-5-9-26-16-19)27-10-12-28(13-11-27)24(30)21-14-20(15-22(25)23(21)29)18-6-3-2-4-7-18/h2-9,14-17,29H,10-13H2,1H3. The fraction of sp³-hybridized carbons (Fsp3) is 0.250. The second-order valence-electron chi connectivity index (χ2n) is 7.51. The summed E-state index contributed by atoms with van der Waals surface area (Å²) in [6, 6.07) is 17.4. The van der Waals surface area contributed by atoms with Crippen molar-refractivity contribution in [1.29, 1.82) is 0 Å². The number of phenolic OH excluding ortho intramolecular Hbond substituents is 1. The summed E-state index contributed by atoms with van der Waals surface area (Å²) in [6.07, 6.45) is 3.66. The first-order valence-electron chi connectivity index (χ1n) is 10.1. The first-order valence-corrected chi connectivity index (χ1v) is 10.4. The second-order valence-corrected chi connectivity index (χ2v) is 7.92. The van der Waals surface area contributed by atoms with Gasteiger partial charge in [-0.3, -0.25) is 14.7 Å². The van der Waals surface area contributed by atoms with E-state index in [4.69, 9.17) is 11.6 Å². The van der Waals surface area contributed by atoms with E-state index >= 15 is 0 Å². The van der Waals surface area contributed by atoms with Gasteiger partial charge in [-0.25, -0.2) is 0 Å². The third-order valence-corrected chi connectivity index (χ3v) is 6.01. The Morgan fingerprint density at radius 3 is 2.43 bits per heavy atom. The number of hydrogen-bond donors (Lipinski definition) is 1. The SMILES string of the molecule is CC(c1cccnc1)N1CCN(C(=O)c2cc(-c3ccccc3)cc(Cl)c2O)CC1. The number of carbonyl (C=O) groups excluding carboxylic acids is 1. The van der Waals surface area contributed by atoms with Crippen LogP contribution in [-0.4, -0.2) is 52.0 Å². The molecule has 0 radical (unpaired) electrons. The van der Waals surface area contributed by atoms with E-state index in [1.807, 2.05) is 42.6 Å². The maximum absolute atomic E-state index is 13.2. The zero-order valence-corrected chi connectivity index (χ0v) is 17.6. The largest absolute Gasteiger partial charge is 0.506 e. The zero-order valence-electron chi connectivity index (χ0n) is 16.8. The van der Waals surface area contributed by atoms with Crippen LogP contribution >= 0.6 is 11.6 Å². The molecule has 6 heteroatoms. The molecule has 0 spiro atoms. The summed E-state index contributed by atoms with van der Waals surface area (Å²) in [5.41, 5.74) is 3.17. The molecule has 0 saturated carbocycles. The van der Waals surface area contributed by atoms with Crippen molar-refractivity contribution in [2.75, 3.05) is 26.2 Å². The van der Waals surface area contributed by atoms with Gasteiger partial charge in [-0.2, -0.15) is 0 Å². The first kappa shape index (κ1) is 20.4. The number of phenols is 1. The summed E-state index contributed by atoms with van der Waals surface area (Å²) in [5.74, 6) is -0.353. The lowest BCUT2D eigenvalue weighted by Gasteiger charge is -2.38. The van der Waals surface area contributed by atoms with Gasteiger partial charge >= 0.3 is 0 Å². The zero-order chi connectivity index (χ0) is 21.1. The molecule has 1 aliphatic rings. The van der Waals surface area contributed by atoms with E-state index < -0.39 is 0 Å². The topological polar surface area (TPSA) is 56.7 Å². The van der Waals surface area contributed by atoms with Crippen LogP contribution in [0.2, 0.25) is 5.02 Å². The lowest BCUT2D eigenvalue weighted by Crippen LogP contribution is -2.49. The molecule has 2 aromatic carbocycles. The summed E-state index contributed by atoms with van der Waals surface area (Å²) in [4.78, 5) is 21.5. The van der Waals surface area contributed by atoms with Crippen LogP contribution < -0.4 is 0 Å². The molecule has 1 aliphatic heterocycles. The van der Waals surface area contributed by atoms with Gasteiger partial charge in [0.15, 0.2) is 0 Å². The molecule has 1 fully saturated rings. The van der Waals surface area contributed by atoms with Crippen LogP contribution in [0.3, 0.4) is 0 Å². The van der Waals surface area contributed by atoms with Crippen molar-refractivity contribution >= 4 is 17.5 Å². The highest BCUT2D eigenvalue weighted by atomic mass is 35.5. The Hall–Kier alpha value is -2.89. The van der Waals surface area contributed by atoms with Gasteiger partial charge in [-0.15, -0.1) is 0 Å². The molecular weight excluding hydrogens is 398 g/mol. The molecule has 30 heavy (non-hydrogen) atoms. The van der Waals surface area contributed by atoms with Crippen molar-refractivity contribution in [1.82, 2.24) is 14.8 Å². The third kappa shape index (κ3) is 4.18. The van der Waals surface area contributed by atoms with Crippen LogP contribution in [0.25, 0.3) is 11.1 Å². The molecule has 1 aromatic heterocycles. The Balaban J connectivity index is 1.50. The van der Waals surface area contributed by atoms with Crippen LogP contribution in [0, 0.1) is 0 Å². The van der Waals surface area contributed by atoms with Gasteiger partial charge in [0.2, 0.25) is 0 Å². The van der Waals surface area contributed by atoms with Gasteiger partial charge in [-0.05, 0) is 41.8 Å². The number of hydrogen-bond acceptors (Lipinski definition) is 4. The van der Waals surface area contributed by atoms with Crippen molar-refractivity contribution in [3.05, 3.63) is 83.1 Å². The van der Waals surface area contributed by atoms with Crippen LogP contribution in [0.15, 0.2) is 67.0 Å².